The molecule has 39 heavy (non-hydrogen) atoms. The lowest BCUT2D eigenvalue weighted by atomic mass is 9.76. The van der Waals surface area contributed by atoms with E-state index < -0.39 is 22.9 Å². The van der Waals surface area contributed by atoms with E-state index in [2.05, 4.69) is 16.4 Å². The minimum atomic E-state index is -5.37. The number of alkyl halides is 3. The van der Waals surface area contributed by atoms with Gasteiger partial charge in [-0.1, -0.05) is 49.0 Å². The highest BCUT2D eigenvalue weighted by atomic mass is 32.2. The lowest BCUT2D eigenvalue weighted by Crippen LogP contribution is -2.64. The Balaban J connectivity index is 1.85. The number of halogens is 3. The molecule has 1 aromatic heterocycles. The molecule has 13 heteroatoms. The number of carbonyl (C=O) groups is 2. The van der Waals surface area contributed by atoms with Crippen molar-refractivity contribution in [2.24, 2.45) is 0 Å². The van der Waals surface area contributed by atoms with Gasteiger partial charge in [0.15, 0.2) is 0 Å². The van der Waals surface area contributed by atoms with Crippen LogP contribution in [0.3, 0.4) is 0 Å². The predicted molar refractivity (Wildman–Crippen MR) is 135 cm³/mol. The van der Waals surface area contributed by atoms with Gasteiger partial charge in [0.25, 0.3) is 5.91 Å². The van der Waals surface area contributed by atoms with Gasteiger partial charge in [0, 0.05) is 17.6 Å². The second kappa shape index (κ2) is 10.8. The van der Waals surface area contributed by atoms with Crippen molar-refractivity contribution in [3.8, 4) is 12.1 Å². The second-order valence-corrected chi connectivity index (χ2v) is 10.5. The van der Waals surface area contributed by atoms with Crippen molar-refractivity contribution in [2.45, 2.75) is 54.3 Å². The topological polar surface area (TPSA) is 142 Å². The minimum absolute atomic E-state index is 0.0769. The Morgan fingerprint density at radius 3 is 2.28 bits per heavy atom. The SMILES string of the molecule is CCc1c(C#N)c(SC(O)(C(=O)NC(=O)C(F)(F)F)c2ccccc2)nc(N2CCC23CCNCC3)c1C#N. The van der Waals surface area contributed by atoms with Crippen molar-refractivity contribution in [1.29, 1.82) is 10.5 Å². The highest BCUT2D eigenvalue weighted by Crippen LogP contribution is 2.47. The Kier molecular flexibility index (Phi) is 7.89. The summed E-state index contributed by atoms with van der Waals surface area (Å²) < 4.78 is 38.8. The number of thioether (sulfide) groups is 1. The number of aromatic nitrogens is 1. The third-order valence-electron chi connectivity index (χ3n) is 7.19. The molecule has 2 aliphatic rings. The van der Waals surface area contributed by atoms with Crippen molar-refractivity contribution >= 4 is 29.4 Å². The molecule has 3 N–H and O–H groups in total. The Morgan fingerprint density at radius 2 is 1.77 bits per heavy atom. The molecular formula is C26H25F3N6O3S. The van der Waals surface area contributed by atoms with Crippen molar-refractivity contribution in [2.75, 3.05) is 24.5 Å². The number of hydrogen-bond acceptors (Lipinski definition) is 9. The molecule has 1 unspecified atom stereocenters. The molecule has 1 aromatic carbocycles. The average molecular weight is 559 g/mol. The zero-order valence-electron chi connectivity index (χ0n) is 20.9. The van der Waals surface area contributed by atoms with Crippen LogP contribution in [0.25, 0.3) is 0 Å². The first-order chi connectivity index (χ1) is 18.5. The molecule has 0 bridgehead atoms. The number of nitrogens with zero attached hydrogens (tertiary/aromatic N) is 4. The van der Waals surface area contributed by atoms with Gasteiger partial charge in [-0.2, -0.15) is 23.7 Å². The third-order valence-corrected chi connectivity index (χ3v) is 8.40. The van der Waals surface area contributed by atoms with Gasteiger partial charge >= 0.3 is 12.1 Å². The van der Waals surface area contributed by atoms with E-state index in [1.54, 1.807) is 13.0 Å². The maximum atomic E-state index is 13.0. The molecule has 2 saturated heterocycles. The summed E-state index contributed by atoms with van der Waals surface area (Å²) in [6.45, 7) is 3.89. The smallest absolute Gasteiger partial charge is 0.367 e. The number of nitriles is 2. The molecule has 2 aromatic rings. The predicted octanol–water partition coefficient (Wildman–Crippen LogP) is 2.86. The third kappa shape index (κ3) is 5.17. The number of benzene rings is 1. The number of aliphatic hydroxyl groups is 1. The van der Waals surface area contributed by atoms with Gasteiger partial charge < -0.3 is 15.3 Å². The molecular weight excluding hydrogens is 533 g/mol. The molecule has 9 nitrogen and oxygen atoms in total. The molecule has 1 atom stereocenters. The minimum Gasteiger partial charge on any atom is -0.367 e. The second-order valence-electron chi connectivity index (χ2n) is 9.32. The van der Waals surface area contributed by atoms with Gasteiger partial charge in [-0.15, -0.1) is 0 Å². The van der Waals surface area contributed by atoms with Crippen molar-refractivity contribution in [1.82, 2.24) is 15.6 Å². The molecule has 0 aliphatic carbocycles. The van der Waals surface area contributed by atoms with Gasteiger partial charge in [0.2, 0.25) is 4.93 Å². The van der Waals surface area contributed by atoms with Crippen LogP contribution in [0, 0.1) is 22.7 Å². The molecule has 2 amide bonds. The highest BCUT2D eigenvalue weighted by Gasteiger charge is 2.49. The highest BCUT2D eigenvalue weighted by molar-refractivity contribution is 8.00. The fourth-order valence-corrected chi connectivity index (χ4v) is 6.11. The first kappa shape index (κ1) is 28.4. The van der Waals surface area contributed by atoms with E-state index in [4.69, 9.17) is 0 Å². The molecule has 2 aliphatic heterocycles. The van der Waals surface area contributed by atoms with Crippen molar-refractivity contribution in [3.63, 3.8) is 0 Å². The van der Waals surface area contributed by atoms with E-state index in [1.807, 2.05) is 11.0 Å². The van der Waals surface area contributed by atoms with E-state index in [-0.39, 0.29) is 33.7 Å². The van der Waals surface area contributed by atoms with Crippen LogP contribution in [0.4, 0.5) is 19.0 Å². The number of nitrogens with one attached hydrogen (secondary N) is 2. The molecule has 4 rings (SSSR count). The number of imide groups is 1. The van der Waals surface area contributed by atoms with Gasteiger partial charge in [-0.05, 0) is 44.3 Å². The maximum absolute atomic E-state index is 13.0. The Bertz CT molecular complexity index is 1370. The van der Waals surface area contributed by atoms with Crippen LogP contribution in [0.5, 0.6) is 0 Å². The molecule has 2 fully saturated rings. The summed E-state index contributed by atoms with van der Waals surface area (Å²) >= 11 is 0.348. The number of carbonyl (C=O) groups excluding carboxylic acids is 2. The Labute approximate surface area is 227 Å². The zero-order chi connectivity index (χ0) is 28.4. The summed E-state index contributed by atoms with van der Waals surface area (Å²) in [7, 11) is 0. The number of anilines is 1. The van der Waals surface area contributed by atoms with Crippen LogP contribution < -0.4 is 15.5 Å². The van der Waals surface area contributed by atoms with Crippen LogP contribution in [0.15, 0.2) is 35.4 Å². The van der Waals surface area contributed by atoms with E-state index in [0.717, 1.165) is 32.4 Å². The van der Waals surface area contributed by atoms with Crippen molar-refractivity contribution in [3.05, 3.63) is 52.6 Å². The largest absolute Gasteiger partial charge is 0.471 e. The van der Waals surface area contributed by atoms with E-state index in [9.17, 15) is 38.4 Å². The van der Waals surface area contributed by atoms with Crippen molar-refractivity contribution < 1.29 is 27.9 Å². The summed E-state index contributed by atoms with van der Waals surface area (Å²) in [4.78, 5) is 28.5. The molecule has 1 spiro atoms. The zero-order valence-corrected chi connectivity index (χ0v) is 21.7. The van der Waals surface area contributed by atoms with Crippen LogP contribution in [-0.2, 0) is 20.9 Å². The summed E-state index contributed by atoms with van der Waals surface area (Å²) in [5.41, 5.74) is 0.113. The number of piperidine rings is 1. The average Bonchev–Trinajstić information content (AvgIpc) is 2.92. The van der Waals surface area contributed by atoms with Gasteiger partial charge in [0.05, 0.1) is 11.1 Å². The normalized spacial score (nSPS) is 17.9. The lowest BCUT2D eigenvalue weighted by molar-refractivity contribution is -0.176. The van der Waals surface area contributed by atoms with Gasteiger partial charge in [-0.3, -0.25) is 14.9 Å². The van der Waals surface area contributed by atoms with Crippen LogP contribution in [-0.4, -0.2) is 53.3 Å². The molecule has 3 heterocycles. The van der Waals surface area contributed by atoms with Crippen LogP contribution in [0.1, 0.15) is 48.4 Å². The summed E-state index contributed by atoms with van der Waals surface area (Å²) in [5, 5.41) is 36.1. The Hall–Kier alpha value is -3.65. The maximum Gasteiger partial charge on any atom is 0.471 e. The quantitative estimate of drug-likeness (QED) is 0.360. The van der Waals surface area contributed by atoms with Gasteiger partial charge in [0.1, 0.15) is 23.0 Å². The molecule has 0 radical (unpaired) electrons. The first-order valence-electron chi connectivity index (χ1n) is 12.3. The standard InChI is InChI=1S/C26H25F3N6O3S/c1-2-17-18(14-30)20(35-13-10-24(35)8-11-32-12-9-24)33-21(19(17)15-31)39-25(38,16-6-4-3-5-7-16)22(36)34-23(37)26(27,28)29/h3-7,32,38H,2,8-13H2,1H3,(H,34,36,37). The van der Waals surface area contributed by atoms with Crippen LogP contribution >= 0.6 is 11.8 Å². The summed E-state index contributed by atoms with van der Waals surface area (Å²) in [6.07, 6.45) is -2.63. The van der Waals surface area contributed by atoms with E-state index in [0.29, 0.717) is 29.7 Å². The lowest BCUT2D eigenvalue weighted by Gasteiger charge is -2.56. The van der Waals surface area contributed by atoms with Gasteiger partial charge in [-0.25, -0.2) is 4.98 Å². The first-order valence-corrected chi connectivity index (χ1v) is 13.1. The monoisotopic (exact) mass is 558 g/mol. The number of rotatable bonds is 6. The number of hydrogen-bond donors (Lipinski definition) is 3. The summed E-state index contributed by atoms with van der Waals surface area (Å²) in [6, 6.07) is 11.3. The molecule has 204 valence electrons. The Morgan fingerprint density at radius 1 is 1.13 bits per heavy atom. The number of amides is 2. The fraction of sp³-hybridized carbons (Fsp3) is 0.423. The molecule has 0 saturated carbocycles. The van der Waals surface area contributed by atoms with E-state index >= 15 is 0 Å². The van der Waals surface area contributed by atoms with Crippen LogP contribution in [0.2, 0.25) is 0 Å². The number of pyridine rings is 1. The van der Waals surface area contributed by atoms with E-state index in [1.165, 1.54) is 29.6 Å². The summed E-state index contributed by atoms with van der Waals surface area (Å²) in [5.74, 6) is -3.89. The fourth-order valence-electron chi connectivity index (χ4n) is 5.03.